The maximum atomic E-state index is 7.17. The molecule has 0 aromatic carbocycles. The molecule has 50 valence electrons. The van der Waals surface area contributed by atoms with Crippen LogP contribution < -0.4 is 0 Å². The van der Waals surface area contributed by atoms with Gasteiger partial charge in [-0.1, -0.05) is 0 Å². The average Bonchev–Trinajstić information content (AvgIpc) is 1.66. The first-order chi connectivity index (χ1) is 4.15. The van der Waals surface area contributed by atoms with Gasteiger partial charge < -0.3 is 15.1 Å². The summed E-state index contributed by atoms with van der Waals surface area (Å²) < 4.78 is 0. The second-order valence-electron chi connectivity index (χ2n) is 1.70. The van der Waals surface area contributed by atoms with Crippen molar-refractivity contribution in [2.24, 2.45) is 0 Å². The molecule has 0 bridgehead atoms. The first kappa shape index (κ1) is 12.2. The van der Waals surface area contributed by atoms with Gasteiger partial charge in [0.1, 0.15) is 0 Å². The van der Waals surface area contributed by atoms with Crippen molar-refractivity contribution in [3.63, 3.8) is 0 Å². The van der Waals surface area contributed by atoms with Crippen molar-refractivity contribution >= 4 is 25.0 Å². The van der Waals surface area contributed by atoms with Crippen LogP contribution in [0.5, 0.6) is 0 Å². The second-order valence-corrected chi connectivity index (χ2v) is 1.70. The molecule has 0 rings (SSSR count). The van der Waals surface area contributed by atoms with E-state index in [-0.39, 0.29) is 0 Å². The van der Waals surface area contributed by atoms with Crippen LogP contribution in [0.4, 0.5) is 0 Å². The molecule has 0 fully saturated rings. The number of hydrogen-bond acceptors (Lipinski definition) is 3. The molecule has 0 atom stereocenters. The van der Waals surface area contributed by atoms with Crippen LogP contribution in [0, 0.1) is 0 Å². The van der Waals surface area contributed by atoms with Gasteiger partial charge in [-0.2, -0.15) is 0 Å². The Hall–Kier alpha value is 0.542. The Morgan fingerprint density at radius 3 is 1.67 bits per heavy atom. The molecule has 0 unspecified atom stereocenters. The third-order valence-electron chi connectivity index (χ3n) is 0.707. The molecule has 0 aliphatic rings. The van der Waals surface area contributed by atoms with E-state index in [1.807, 2.05) is 0 Å². The van der Waals surface area contributed by atoms with Crippen LogP contribution in [0.25, 0.3) is 0 Å². The van der Waals surface area contributed by atoms with Crippen LogP contribution in [-0.4, -0.2) is 40.1 Å². The third kappa shape index (κ3) is 56.6. The summed E-state index contributed by atoms with van der Waals surface area (Å²) in [4.78, 5) is 0. The predicted molar refractivity (Wildman–Crippen MR) is 37.9 cm³/mol. The summed E-state index contributed by atoms with van der Waals surface area (Å²) in [5.41, 5.74) is 0. The van der Waals surface area contributed by atoms with E-state index in [2.05, 4.69) is 24.6 Å². The molecule has 0 spiro atoms. The molecule has 5 heteroatoms. The minimum atomic E-state index is -2.17. The van der Waals surface area contributed by atoms with Crippen molar-refractivity contribution in [3.05, 3.63) is 0 Å². The van der Waals surface area contributed by atoms with Crippen LogP contribution in [-0.2, 0) is 0 Å². The molecule has 3 N–H and O–H groups in total. The Balaban J connectivity index is 0. The van der Waals surface area contributed by atoms with Crippen molar-refractivity contribution in [1.29, 1.82) is 0 Å². The van der Waals surface area contributed by atoms with E-state index >= 15 is 0 Å². The molecule has 9 heavy (non-hydrogen) atoms. The zero-order valence-electron chi connectivity index (χ0n) is 6.04. The Morgan fingerprint density at radius 2 is 1.67 bits per heavy atom. The summed E-state index contributed by atoms with van der Waals surface area (Å²) in [5.74, 6) is 0. The van der Waals surface area contributed by atoms with Gasteiger partial charge in [0.05, 0.1) is 0 Å². The third-order valence-corrected chi connectivity index (χ3v) is 0.707. The summed E-state index contributed by atoms with van der Waals surface area (Å²) in [6.07, 6.45) is 2.73. The topological polar surface area (TPSA) is 60.7 Å². The van der Waals surface area contributed by atoms with Gasteiger partial charge >= 0.3 is 49.9 Å². The molecular weight excluding hydrogens is 114 g/mol. The summed E-state index contributed by atoms with van der Waals surface area (Å²) >= 11 is 2.21. The summed E-state index contributed by atoms with van der Waals surface area (Å²) in [6, 6.07) is 0. The van der Waals surface area contributed by atoms with E-state index < -0.39 is 7.32 Å². The van der Waals surface area contributed by atoms with Crippen molar-refractivity contribution in [1.82, 2.24) is 0 Å². The van der Waals surface area contributed by atoms with Gasteiger partial charge in [0, 0.05) is 0 Å². The summed E-state index contributed by atoms with van der Waals surface area (Å²) in [5, 5.41) is 22.8. The predicted octanol–water partition coefficient (Wildman–Crippen LogP) is -0.679. The van der Waals surface area contributed by atoms with Crippen LogP contribution in [0.2, 0.25) is 5.09 Å². The van der Waals surface area contributed by atoms with Gasteiger partial charge in [0.25, 0.3) is 0 Å². The van der Waals surface area contributed by atoms with Gasteiger partial charge in [-0.3, -0.25) is 0 Å². The molecule has 0 aromatic rings. The van der Waals surface area contributed by atoms with Crippen molar-refractivity contribution in [2.75, 3.05) is 0 Å². The number of rotatable bonds is 2. The normalized spacial score (nSPS) is 7.78. The molecular formula is C4H12BLiO3. The first-order valence-corrected chi connectivity index (χ1v) is 3.19. The standard InChI is InChI=1S/C4H9.BH3O3.Li/c1-3-4-2;2-1(3)4;/h1,3-4H2,2H3;2-4H;. The average molecular weight is 126 g/mol. The van der Waals surface area contributed by atoms with E-state index in [0.29, 0.717) is 0 Å². The van der Waals surface area contributed by atoms with Crippen LogP contribution in [0.15, 0.2) is 0 Å². The van der Waals surface area contributed by atoms with Crippen LogP contribution in [0.1, 0.15) is 19.8 Å². The Morgan fingerprint density at radius 1 is 1.33 bits per heavy atom. The van der Waals surface area contributed by atoms with Crippen molar-refractivity contribution in [2.45, 2.75) is 24.9 Å². The van der Waals surface area contributed by atoms with E-state index in [1.54, 1.807) is 0 Å². The molecule has 0 aliphatic heterocycles. The fourth-order valence-corrected chi connectivity index (χ4v) is 0.354. The molecule has 0 saturated heterocycles. The second kappa shape index (κ2) is 11.4. The fourth-order valence-electron chi connectivity index (χ4n) is 0.354. The fraction of sp³-hybridized carbons (Fsp3) is 1.00. The van der Waals surface area contributed by atoms with Gasteiger partial charge in [-0.25, -0.2) is 0 Å². The summed E-state index contributed by atoms with van der Waals surface area (Å²) in [6.45, 7) is 2.21. The summed E-state index contributed by atoms with van der Waals surface area (Å²) in [7, 11) is -2.17. The van der Waals surface area contributed by atoms with Crippen LogP contribution >= 0.6 is 0 Å². The SMILES string of the molecule is OB(O)O.[Li][CH2]CCC. The Kier molecular flexibility index (Phi) is 15.4. The Bertz CT molecular complexity index is 40.0. The molecule has 0 saturated carbocycles. The number of hydrogen-bond donors (Lipinski definition) is 3. The van der Waals surface area contributed by atoms with E-state index in [0.717, 1.165) is 0 Å². The quantitative estimate of drug-likeness (QED) is 0.429. The first-order valence-electron chi connectivity index (χ1n) is 3.19. The zero-order chi connectivity index (χ0) is 7.70. The van der Waals surface area contributed by atoms with Crippen LogP contribution in [0.3, 0.4) is 0 Å². The van der Waals surface area contributed by atoms with E-state index in [4.69, 9.17) is 15.1 Å². The number of unbranched alkanes of at least 4 members (excludes halogenated alkanes) is 1. The molecule has 0 radical (unpaired) electrons. The monoisotopic (exact) mass is 126 g/mol. The maximum absolute atomic E-state index is 7.17. The van der Waals surface area contributed by atoms with Gasteiger partial charge in [0.15, 0.2) is 0 Å². The molecule has 0 amide bonds. The van der Waals surface area contributed by atoms with Crippen molar-refractivity contribution in [3.8, 4) is 0 Å². The van der Waals surface area contributed by atoms with Gasteiger partial charge in [-0.15, -0.1) is 0 Å². The zero-order valence-corrected chi connectivity index (χ0v) is 6.04. The van der Waals surface area contributed by atoms with Gasteiger partial charge in [-0.05, 0) is 0 Å². The van der Waals surface area contributed by atoms with Gasteiger partial charge in [0.2, 0.25) is 0 Å². The minimum absolute atomic E-state index is 1.34. The molecule has 0 aromatic heterocycles. The Labute approximate surface area is 65.5 Å². The molecule has 0 aliphatic carbocycles. The van der Waals surface area contributed by atoms with Crippen molar-refractivity contribution < 1.29 is 15.1 Å². The molecule has 3 nitrogen and oxygen atoms in total. The van der Waals surface area contributed by atoms with E-state index in [1.165, 1.54) is 17.9 Å². The van der Waals surface area contributed by atoms with E-state index in [9.17, 15) is 0 Å². The molecule has 0 heterocycles.